The number of amides is 2. The van der Waals surface area contributed by atoms with Crippen molar-refractivity contribution in [2.24, 2.45) is 0 Å². The van der Waals surface area contributed by atoms with Crippen molar-refractivity contribution in [2.75, 3.05) is 45.2 Å². The molecule has 1 N–H and O–H groups in total. The molecule has 3 rings (SSSR count). The van der Waals surface area contributed by atoms with Crippen molar-refractivity contribution in [2.45, 2.75) is 11.8 Å². The van der Waals surface area contributed by atoms with Crippen LogP contribution < -0.4 is 14.8 Å². The van der Waals surface area contributed by atoms with Crippen LogP contribution >= 0.6 is 0 Å². The Hall–Kier alpha value is -3.11. The van der Waals surface area contributed by atoms with E-state index in [0.29, 0.717) is 17.2 Å². The SMILES string of the molecule is COc1ccccc1OCC(=O)N1CCN(S(=O)(=O)c2ccc(NC(C)=O)cc2)CC1. The lowest BCUT2D eigenvalue weighted by Gasteiger charge is -2.34. The van der Waals surface area contributed by atoms with Crippen molar-refractivity contribution in [1.29, 1.82) is 0 Å². The standard InChI is InChI=1S/C21H25N3O6S/c1-16(25)22-17-7-9-18(10-8-17)31(27,28)24-13-11-23(12-14-24)21(26)15-30-20-6-4-3-5-19(20)29-2/h3-10H,11-15H2,1-2H3,(H,22,25). The Balaban J connectivity index is 1.55. The first-order chi connectivity index (χ1) is 14.8. The number of carbonyl (C=O) groups excluding carboxylic acids is 2. The van der Waals surface area contributed by atoms with E-state index in [2.05, 4.69) is 5.32 Å². The molecule has 2 amide bonds. The first-order valence-electron chi connectivity index (χ1n) is 9.72. The lowest BCUT2D eigenvalue weighted by Crippen LogP contribution is -2.51. The number of sulfonamides is 1. The molecule has 0 radical (unpaired) electrons. The first-order valence-corrected chi connectivity index (χ1v) is 11.2. The lowest BCUT2D eigenvalue weighted by molar-refractivity contribution is -0.134. The van der Waals surface area contributed by atoms with Crippen LogP contribution in [0.3, 0.4) is 0 Å². The van der Waals surface area contributed by atoms with Gasteiger partial charge < -0.3 is 19.7 Å². The maximum Gasteiger partial charge on any atom is 0.260 e. The van der Waals surface area contributed by atoms with Crippen molar-refractivity contribution >= 4 is 27.5 Å². The van der Waals surface area contributed by atoms with Crippen molar-refractivity contribution in [3.8, 4) is 11.5 Å². The predicted octanol–water partition coefficient (Wildman–Crippen LogP) is 1.57. The van der Waals surface area contributed by atoms with Gasteiger partial charge in [-0.05, 0) is 36.4 Å². The molecule has 31 heavy (non-hydrogen) atoms. The molecule has 0 bridgehead atoms. The number of methoxy groups -OCH3 is 1. The second-order valence-corrected chi connectivity index (χ2v) is 8.87. The largest absolute Gasteiger partial charge is 0.493 e. The molecule has 166 valence electrons. The van der Waals surface area contributed by atoms with Gasteiger partial charge in [0.25, 0.3) is 5.91 Å². The number of benzene rings is 2. The molecule has 9 nitrogen and oxygen atoms in total. The molecule has 0 atom stereocenters. The fourth-order valence-corrected chi connectivity index (χ4v) is 4.63. The first kappa shape index (κ1) is 22.6. The summed E-state index contributed by atoms with van der Waals surface area (Å²) in [6, 6.07) is 13.1. The zero-order valence-electron chi connectivity index (χ0n) is 17.4. The topological polar surface area (TPSA) is 105 Å². The van der Waals surface area contributed by atoms with Gasteiger partial charge in [0.1, 0.15) is 0 Å². The number of nitrogens with zero attached hydrogens (tertiary/aromatic N) is 2. The van der Waals surface area contributed by atoms with Crippen LogP contribution in [0.1, 0.15) is 6.92 Å². The van der Waals surface area contributed by atoms with E-state index >= 15 is 0 Å². The highest BCUT2D eigenvalue weighted by Gasteiger charge is 2.30. The number of anilines is 1. The van der Waals surface area contributed by atoms with Crippen LogP contribution in [0.2, 0.25) is 0 Å². The summed E-state index contributed by atoms with van der Waals surface area (Å²) in [5.41, 5.74) is 0.525. The molecule has 0 aromatic heterocycles. The molecule has 0 aliphatic carbocycles. The molecule has 1 aliphatic heterocycles. The lowest BCUT2D eigenvalue weighted by atomic mass is 10.3. The third kappa shape index (κ3) is 5.53. The fourth-order valence-electron chi connectivity index (χ4n) is 3.21. The van der Waals surface area contributed by atoms with Gasteiger partial charge in [-0.2, -0.15) is 4.31 Å². The highest BCUT2D eigenvalue weighted by atomic mass is 32.2. The number of nitrogens with one attached hydrogen (secondary N) is 1. The van der Waals surface area contributed by atoms with E-state index in [1.807, 2.05) is 0 Å². The molecule has 2 aromatic carbocycles. The molecule has 1 heterocycles. The van der Waals surface area contributed by atoms with E-state index in [-0.39, 0.29) is 49.5 Å². The number of carbonyl (C=O) groups is 2. The summed E-state index contributed by atoms with van der Waals surface area (Å²) < 4.78 is 37.9. The molecule has 0 spiro atoms. The molecule has 1 fully saturated rings. The highest BCUT2D eigenvalue weighted by Crippen LogP contribution is 2.26. The van der Waals surface area contributed by atoms with Gasteiger partial charge in [-0.1, -0.05) is 12.1 Å². The Morgan fingerprint density at radius 3 is 2.16 bits per heavy atom. The van der Waals surface area contributed by atoms with E-state index in [4.69, 9.17) is 9.47 Å². The molecule has 10 heteroatoms. The van der Waals surface area contributed by atoms with Crippen LogP contribution in [0.5, 0.6) is 11.5 Å². The zero-order valence-corrected chi connectivity index (χ0v) is 18.2. The Morgan fingerprint density at radius 1 is 0.968 bits per heavy atom. The van der Waals surface area contributed by atoms with Crippen LogP contribution in [0.4, 0.5) is 5.69 Å². The summed E-state index contributed by atoms with van der Waals surface area (Å²) in [5.74, 6) is 0.562. The minimum atomic E-state index is -3.69. The van der Waals surface area contributed by atoms with Crippen molar-refractivity contribution in [3.05, 3.63) is 48.5 Å². The van der Waals surface area contributed by atoms with Crippen LogP contribution in [0.15, 0.2) is 53.4 Å². The van der Waals surface area contributed by atoms with Gasteiger partial charge in [-0.25, -0.2) is 8.42 Å². The fraction of sp³-hybridized carbons (Fsp3) is 0.333. The van der Waals surface area contributed by atoms with Gasteiger partial charge >= 0.3 is 0 Å². The van der Waals surface area contributed by atoms with E-state index in [1.165, 1.54) is 30.5 Å². The van der Waals surface area contributed by atoms with Gasteiger partial charge in [-0.15, -0.1) is 0 Å². The Kier molecular flexibility index (Phi) is 7.13. The summed E-state index contributed by atoms with van der Waals surface area (Å²) >= 11 is 0. The Morgan fingerprint density at radius 2 is 1.58 bits per heavy atom. The van der Waals surface area contributed by atoms with E-state index in [1.54, 1.807) is 41.3 Å². The van der Waals surface area contributed by atoms with Gasteiger partial charge in [0, 0.05) is 38.8 Å². The number of hydrogen-bond donors (Lipinski definition) is 1. The number of piperazine rings is 1. The average Bonchev–Trinajstić information content (AvgIpc) is 2.77. The van der Waals surface area contributed by atoms with Crippen LogP contribution in [0, 0.1) is 0 Å². The minimum Gasteiger partial charge on any atom is -0.493 e. The van der Waals surface area contributed by atoms with Crippen LogP contribution in [-0.2, 0) is 19.6 Å². The predicted molar refractivity (Wildman–Crippen MR) is 115 cm³/mol. The molecule has 0 unspecified atom stereocenters. The second-order valence-electron chi connectivity index (χ2n) is 6.93. The molecule has 2 aromatic rings. The van der Waals surface area contributed by atoms with Gasteiger partial charge in [0.2, 0.25) is 15.9 Å². The monoisotopic (exact) mass is 447 g/mol. The molecule has 1 aliphatic rings. The third-order valence-corrected chi connectivity index (χ3v) is 6.74. The minimum absolute atomic E-state index is 0.140. The third-order valence-electron chi connectivity index (χ3n) is 4.82. The Labute approximate surface area is 181 Å². The number of para-hydroxylation sites is 2. The van der Waals surface area contributed by atoms with Gasteiger partial charge in [0.15, 0.2) is 18.1 Å². The highest BCUT2D eigenvalue weighted by molar-refractivity contribution is 7.89. The van der Waals surface area contributed by atoms with Crippen molar-refractivity contribution in [1.82, 2.24) is 9.21 Å². The Bertz CT molecular complexity index is 1030. The van der Waals surface area contributed by atoms with Crippen molar-refractivity contribution < 1.29 is 27.5 Å². The number of hydrogen-bond acceptors (Lipinski definition) is 6. The second kappa shape index (κ2) is 9.80. The van der Waals surface area contributed by atoms with Crippen LogP contribution in [-0.4, -0.2) is 69.3 Å². The maximum atomic E-state index is 12.9. The summed E-state index contributed by atoms with van der Waals surface area (Å²) in [7, 11) is -2.16. The average molecular weight is 448 g/mol. The quantitative estimate of drug-likeness (QED) is 0.691. The zero-order chi connectivity index (χ0) is 22.4. The molecule has 1 saturated heterocycles. The summed E-state index contributed by atoms with van der Waals surface area (Å²) in [4.78, 5) is 25.3. The maximum absolute atomic E-state index is 12.9. The number of rotatable bonds is 7. The smallest absolute Gasteiger partial charge is 0.260 e. The summed E-state index contributed by atoms with van der Waals surface area (Å²) in [6.07, 6.45) is 0. The molecule has 0 saturated carbocycles. The molecular formula is C21H25N3O6S. The number of ether oxygens (including phenoxy) is 2. The van der Waals surface area contributed by atoms with E-state index in [9.17, 15) is 18.0 Å². The molecular weight excluding hydrogens is 422 g/mol. The normalized spacial score (nSPS) is 14.7. The summed E-state index contributed by atoms with van der Waals surface area (Å²) in [5, 5.41) is 2.60. The van der Waals surface area contributed by atoms with Crippen molar-refractivity contribution in [3.63, 3.8) is 0 Å². The van der Waals surface area contributed by atoms with Gasteiger partial charge in [-0.3, -0.25) is 9.59 Å². The van der Waals surface area contributed by atoms with E-state index < -0.39 is 10.0 Å². The van der Waals surface area contributed by atoms with E-state index in [0.717, 1.165) is 0 Å². The summed E-state index contributed by atoms with van der Waals surface area (Å²) in [6.45, 7) is 2.16. The van der Waals surface area contributed by atoms with Crippen LogP contribution in [0.25, 0.3) is 0 Å². The van der Waals surface area contributed by atoms with Gasteiger partial charge in [0.05, 0.1) is 12.0 Å².